The lowest BCUT2D eigenvalue weighted by atomic mass is 9.77. The Morgan fingerprint density at radius 1 is 1.05 bits per heavy atom. The smallest absolute Gasteiger partial charge is 0.179 e. The quantitative estimate of drug-likeness (QED) is 0.822. The fourth-order valence-electron chi connectivity index (χ4n) is 3.62. The zero-order valence-electron chi connectivity index (χ0n) is 11.7. The molecule has 3 rings (SSSR count). The molecule has 1 aromatic rings. The Hall–Kier alpha value is -1.15. The van der Waals surface area contributed by atoms with E-state index in [1.807, 2.05) is 24.3 Å². The van der Waals surface area contributed by atoms with Crippen LogP contribution in [0.4, 0.5) is 0 Å². The van der Waals surface area contributed by atoms with Crippen LogP contribution in [0.15, 0.2) is 24.3 Å². The molecule has 3 unspecified atom stereocenters. The van der Waals surface area contributed by atoms with Crippen LogP contribution in [0.5, 0.6) is 0 Å². The van der Waals surface area contributed by atoms with Crippen LogP contribution in [0.1, 0.15) is 54.4 Å². The number of aryl methyl sites for hydroxylation is 1. The normalized spacial score (nSPS) is 30.7. The van der Waals surface area contributed by atoms with E-state index in [-0.39, 0.29) is 11.8 Å². The molecule has 1 aliphatic heterocycles. The molecule has 1 saturated carbocycles. The van der Waals surface area contributed by atoms with Gasteiger partial charge in [0.15, 0.2) is 5.78 Å². The van der Waals surface area contributed by atoms with Gasteiger partial charge < -0.3 is 5.32 Å². The molecule has 2 fully saturated rings. The Morgan fingerprint density at radius 2 is 1.79 bits per heavy atom. The van der Waals surface area contributed by atoms with Crippen molar-refractivity contribution >= 4 is 5.78 Å². The molecule has 19 heavy (non-hydrogen) atoms. The van der Waals surface area contributed by atoms with Gasteiger partial charge in [0.2, 0.25) is 0 Å². The van der Waals surface area contributed by atoms with Crippen LogP contribution in [0.25, 0.3) is 0 Å². The minimum Gasteiger partial charge on any atom is -0.304 e. The average Bonchev–Trinajstić information content (AvgIpc) is 2.47. The first-order valence-electron chi connectivity index (χ1n) is 7.61. The fourth-order valence-corrected chi connectivity index (χ4v) is 3.62. The second-order valence-corrected chi connectivity index (χ2v) is 6.18. The van der Waals surface area contributed by atoms with Gasteiger partial charge in [0, 0.05) is 11.6 Å². The third-order valence-corrected chi connectivity index (χ3v) is 4.80. The van der Waals surface area contributed by atoms with E-state index in [4.69, 9.17) is 0 Å². The number of carbonyl (C=O) groups excluding carboxylic acids is 1. The van der Waals surface area contributed by atoms with E-state index < -0.39 is 0 Å². The number of Topliss-reactive ketones (excluding diaryl/α,β-unsaturated/α-hetero) is 1. The summed E-state index contributed by atoms with van der Waals surface area (Å²) in [5.74, 6) is 1.10. The summed E-state index contributed by atoms with van der Waals surface area (Å²) in [6.45, 7) is 2.06. The second-order valence-electron chi connectivity index (χ2n) is 6.18. The number of ketones is 1. The summed E-state index contributed by atoms with van der Waals surface area (Å²) >= 11 is 0. The average molecular weight is 257 g/mol. The first-order chi connectivity index (χ1) is 9.24. The maximum absolute atomic E-state index is 12.5. The number of nitrogens with one attached hydrogen (secondary N) is 1. The molecule has 1 saturated heterocycles. The molecule has 1 heterocycles. The number of fused-ring (bicyclic) bond motifs is 1. The zero-order valence-corrected chi connectivity index (χ0v) is 11.7. The van der Waals surface area contributed by atoms with Crippen molar-refractivity contribution in [3.05, 3.63) is 35.4 Å². The molecule has 3 atom stereocenters. The molecule has 0 bridgehead atoms. The van der Waals surface area contributed by atoms with Gasteiger partial charge in [-0.05, 0) is 38.5 Å². The van der Waals surface area contributed by atoms with Gasteiger partial charge in [0.25, 0.3) is 0 Å². The van der Waals surface area contributed by atoms with Crippen molar-refractivity contribution < 1.29 is 4.79 Å². The molecular weight excluding hydrogens is 234 g/mol. The lowest BCUT2D eigenvalue weighted by Crippen LogP contribution is -2.52. The van der Waals surface area contributed by atoms with Gasteiger partial charge in [0.1, 0.15) is 0 Å². The standard InChI is InChI=1S/C17H23NO/c1-12-6-8-14(9-7-12)17(19)16-11-10-13-4-2-3-5-15(13)18-16/h6-9,13,15-16,18H,2-5,10-11H2,1H3. The van der Waals surface area contributed by atoms with Crippen molar-refractivity contribution in [2.24, 2.45) is 5.92 Å². The Morgan fingerprint density at radius 3 is 2.58 bits per heavy atom. The van der Waals surface area contributed by atoms with Crippen LogP contribution in [-0.2, 0) is 0 Å². The van der Waals surface area contributed by atoms with Crippen molar-refractivity contribution in [2.75, 3.05) is 0 Å². The monoisotopic (exact) mass is 257 g/mol. The van der Waals surface area contributed by atoms with Gasteiger partial charge in [-0.15, -0.1) is 0 Å². The summed E-state index contributed by atoms with van der Waals surface area (Å²) in [6.07, 6.45) is 7.53. The van der Waals surface area contributed by atoms with Crippen LogP contribution in [0.2, 0.25) is 0 Å². The molecule has 0 amide bonds. The van der Waals surface area contributed by atoms with Gasteiger partial charge in [-0.3, -0.25) is 4.79 Å². The molecule has 2 nitrogen and oxygen atoms in total. The topological polar surface area (TPSA) is 29.1 Å². The van der Waals surface area contributed by atoms with Crippen LogP contribution in [0.3, 0.4) is 0 Å². The highest BCUT2D eigenvalue weighted by atomic mass is 16.1. The highest BCUT2D eigenvalue weighted by Crippen LogP contribution is 2.32. The number of benzene rings is 1. The Labute approximate surface area is 115 Å². The molecule has 0 aromatic heterocycles. The van der Waals surface area contributed by atoms with Crippen molar-refractivity contribution in [3.63, 3.8) is 0 Å². The SMILES string of the molecule is Cc1ccc(C(=O)C2CCC3CCCCC3N2)cc1. The van der Waals surface area contributed by atoms with Crippen molar-refractivity contribution in [2.45, 2.75) is 57.5 Å². The van der Waals surface area contributed by atoms with E-state index in [2.05, 4.69) is 12.2 Å². The lowest BCUT2D eigenvalue weighted by Gasteiger charge is -2.40. The van der Waals surface area contributed by atoms with Crippen molar-refractivity contribution in [1.29, 1.82) is 0 Å². The molecule has 2 heteroatoms. The Balaban J connectivity index is 1.69. The number of hydrogen-bond acceptors (Lipinski definition) is 2. The predicted molar refractivity (Wildman–Crippen MR) is 77.4 cm³/mol. The zero-order chi connectivity index (χ0) is 13.2. The van der Waals surface area contributed by atoms with E-state index in [1.54, 1.807) is 0 Å². The summed E-state index contributed by atoms with van der Waals surface area (Å²) in [7, 11) is 0. The predicted octanol–water partition coefficient (Wildman–Crippen LogP) is 3.49. The molecular formula is C17H23NO. The molecule has 1 aliphatic carbocycles. The molecule has 1 aromatic carbocycles. The minimum absolute atomic E-state index is 0.0436. The highest BCUT2D eigenvalue weighted by Gasteiger charge is 2.34. The summed E-state index contributed by atoms with van der Waals surface area (Å²) < 4.78 is 0. The number of piperidine rings is 1. The van der Waals surface area contributed by atoms with E-state index in [9.17, 15) is 4.79 Å². The number of rotatable bonds is 2. The van der Waals surface area contributed by atoms with Gasteiger partial charge in [-0.2, -0.15) is 0 Å². The number of carbonyl (C=O) groups is 1. The largest absolute Gasteiger partial charge is 0.304 e. The lowest BCUT2D eigenvalue weighted by molar-refractivity contribution is 0.0861. The first kappa shape index (κ1) is 12.9. The molecule has 0 spiro atoms. The summed E-state index contributed by atoms with van der Waals surface area (Å²) in [5.41, 5.74) is 2.07. The third kappa shape index (κ3) is 2.74. The van der Waals surface area contributed by atoms with E-state index in [0.717, 1.165) is 17.9 Å². The van der Waals surface area contributed by atoms with Crippen LogP contribution >= 0.6 is 0 Å². The third-order valence-electron chi connectivity index (χ3n) is 4.80. The van der Waals surface area contributed by atoms with E-state index in [1.165, 1.54) is 37.7 Å². The van der Waals surface area contributed by atoms with Crippen LogP contribution < -0.4 is 5.32 Å². The Bertz CT molecular complexity index is 451. The minimum atomic E-state index is 0.0436. The van der Waals surface area contributed by atoms with Crippen LogP contribution in [0, 0.1) is 12.8 Å². The Kier molecular flexibility index (Phi) is 3.69. The summed E-state index contributed by atoms with van der Waals surface area (Å²) in [4.78, 5) is 12.5. The van der Waals surface area contributed by atoms with E-state index in [0.29, 0.717) is 6.04 Å². The molecule has 1 N–H and O–H groups in total. The van der Waals surface area contributed by atoms with Crippen LogP contribution in [-0.4, -0.2) is 17.9 Å². The maximum atomic E-state index is 12.5. The first-order valence-corrected chi connectivity index (χ1v) is 7.61. The number of hydrogen-bond donors (Lipinski definition) is 1. The van der Waals surface area contributed by atoms with Gasteiger partial charge in [-0.25, -0.2) is 0 Å². The van der Waals surface area contributed by atoms with Crippen molar-refractivity contribution in [3.8, 4) is 0 Å². The van der Waals surface area contributed by atoms with Crippen molar-refractivity contribution in [1.82, 2.24) is 5.32 Å². The maximum Gasteiger partial charge on any atom is 0.179 e. The van der Waals surface area contributed by atoms with Gasteiger partial charge >= 0.3 is 0 Å². The summed E-state index contributed by atoms with van der Waals surface area (Å²) in [5, 5.41) is 3.62. The van der Waals surface area contributed by atoms with E-state index >= 15 is 0 Å². The second kappa shape index (κ2) is 5.46. The summed E-state index contributed by atoms with van der Waals surface area (Å²) in [6, 6.07) is 8.61. The fraction of sp³-hybridized carbons (Fsp3) is 0.588. The molecule has 102 valence electrons. The highest BCUT2D eigenvalue weighted by molar-refractivity contribution is 6.00. The molecule has 0 radical (unpaired) electrons. The van der Waals surface area contributed by atoms with Gasteiger partial charge in [0.05, 0.1) is 6.04 Å². The van der Waals surface area contributed by atoms with Gasteiger partial charge in [-0.1, -0.05) is 42.7 Å². The molecule has 2 aliphatic rings.